The third-order valence-electron chi connectivity index (χ3n) is 4.43. The Labute approximate surface area is 175 Å². The van der Waals surface area contributed by atoms with Gasteiger partial charge in [0, 0.05) is 18.8 Å². The molecule has 1 fully saturated rings. The number of rotatable bonds is 5. The summed E-state index contributed by atoms with van der Waals surface area (Å²) in [4.78, 5) is 30.9. The number of carbonyl (C=O) groups is 2. The Hall–Kier alpha value is -2.49. The van der Waals surface area contributed by atoms with Gasteiger partial charge in [-0.25, -0.2) is 9.37 Å². The van der Waals surface area contributed by atoms with Crippen LogP contribution in [0.1, 0.15) is 10.4 Å². The topological polar surface area (TPSA) is 71.5 Å². The van der Waals surface area contributed by atoms with Gasteiger partial charge in [0.1, 0.15) is 5.82 Å². The van der Waals surface area contributed by atoms with Gasteiger partial charge in [0.05, 0.1) is 34.7 Å². The number of carbonyl (C=O) groups excluding carboxylic acids is 2. The molecule has 0 bridgehead atoms. The summed E-state index contributed by atoms with van der Waals surface area (Å²) in [7, 11) is 0. The van der Waals surface area contributed by atoms with E-state index in [1.54, 1.807) is 35.2 Å². The van der Waals surface area contributed by atoms with Crippen molar-refractivity contribution >= 4 is 50.8 Å². The maximum Gasteiger partial charge on any atom is 0.258 e. The number of halogens is 1. The zero-order valence-corrected chi connectivity index (χ0v) is 17.0. The van der Waals surface area contributed by atoms with Crippen LogP contribution < -0.4 is 5.32 Å². The fraction of sp³-hybridized carbons (Fsp3) is 0.250. The Morgan fingerprint density at radius 2 is 2.00 bits per heavy atom. The Morgan fingerprint density at radius 3 is 2.79 bits per heavy atom. The first-order chi connectivity index (χ1) is 14.1. The predicted molar refractivity (Wildman–Crippen MR) is 112 cm³/mol. The number of benzene rings is 2. The minimum Gasteiger partial charge on any atom is -0.378 e. The first kappa shape index (κ1) is 19.8. The molecule has 29 heavy (non-hydrogen) atoms. The summed E-state index contributed by atoms with van der Waals surface area (Å²) in [5, 5.41) is 2.71. The van der Waals surface area contributed by atoms with E-state index < -0.39 is 11.7 Å². The van der Waals surface area contributed by atoms with Crippen LogP contribution in [0.2, 0.25) is 0 Å². The van der Waals surface area contributed by atoms with E-state index in [0.717, 1.165) is 14.6 Å². The highest BCUT2D eigenvalue weighted by atomic mass is 32.2. The molecule has 9 heteroatoms. The first-order valence-corrected chi connectivity index (χ1v) is 10.8. The first-order valence-electron chi connectivity index (χ1n) is 9.05. The SMILES string of the molecule is O=C(Nc1ccc2nc(SCC(=O)N3CCOCC3)sc2c1)c1ccccc1F. The van der Waals surface area contributed by atoms with Crippen LogP contribution >= 0.6 is 23.1 Å². The third kappa shape index (κ3) is 4.75. The van der Waals surface area contributed by atoms with Gasteiger partial charge in [-0.05, 0) is 30.3 Å². The third-order valence-corrected chi connectivity index (χ3v) is 6.57. The molecule has 4 rings (SSSR count). The second kappa shape index (κ2) is 8.89. The van der Waals surface area contributed by atoms with E-state index in [4.69, 9.17) is 4.74 Å². The Balaban J connectivity index is 1.41. The number of nitrogens with one attached hydrogen (secondary N) is 1. The Kier molecular flexibility index (Phi) is 6.08. The van der Waals surface area contributed by atoms with Gasteiger partial charge in [0.2, 0.25) is 5.91 Å². The van der Waals surface area contributed by atoms with E-state index in [0.29, 0.717) is 37.7 Å². The lowest BCUT2D eigenvalue weighted by Crippen LogP contribution is -2.41. The lowest BCUT2D eigenvalue weighted by Gasteiger charge is -2.26. The molecule has 3 aromatic rings. The Bertz CT molecular complexity index is 1050. The second-order valence-corrected chi connectivity index (χ2v) is 8.63. The molecule has 0 saturated carbocycles. The average Bonchev–Trinajstić information content (AvgIpc) is 3.15. The highest BCUT2D eigenvalue weighted by molar-refractivity contribution is 8.01. The number of thioether (sulfide) groups is 1. The maximum absolute atomic E-state index is 13.8. The van der Waals surface area contributed by atoms with Crippen LogP contribution in [0.3, 0.4) is 0 Å². The van der Waals surface area contributed by atoms with Crippen molar-refractivity contribution in [1.29, 1.82) is 0 Å². The van der Waals surface area contributed by atoms with E-state index in [-0.39, 0.29) is 11.5 Å². The number of thiazole rings is 1. The molecule has 0 spiro atoms. The number of hydrogen-bond acceptors (Lipinski definition) is 6. The number of anilines is 1. The lowest BCUT2D eigenvalue weighted by atomic mass is 10.2. The van der Waals surface area contributed by atoms with Crippen LogP contribution in [0.15, 0.2) is 46.8 Å². The van der Waals surface area contributed by atoms with E-state index in [1.807, 2.05) is 0 Å². The molecule has 1 N–H and O–H groups in total. The molecule has 0 radical (unpaired) electrons. The fourth-order valence-electron chi connectivity index (χ4n) is 2.91. The molecule has 0 unspecified atom stereocenters. The molecule has 0 aliphatic carbocycles. The van der Waals surface area contributed by atoms with Crippen LogP contribution in [0, 0.1) is 5.82 Å². The molecule has 150 valence electrons. The molecular formula is C20H18FN3O3S2. The van der Waals surface area contributed by atoms with E-state index in [1.165, 1.54) is 35.2 Å². The van der Waals surface area contributed by atoms with Crippen molar-refractivity contribution in [3.05, 3.63) is 53.8 Å². The molecule has 1 aromatic heterocycles. The van der Waals surface area contributed by atoms with Gasteiger partial charge in [-0.3, -0.25) is 9.59 Å². The monoisotopic (exact) mass is 431 g/mol. The predicted octanol–water partition coefficient (Wildman–Crippen LogP) is 3.64. The number of ether oxygens (including phenoxy) is 1. The number of amides is 2. The minimum absolute atomic E-state index is 0.00484. The smallest absolute Gasteiger partial charge is 0.258 e. The summed E-state index contributed by atoms with van der Waals surface area (Å²) in [6.07, 6.45) is 0. The molecule has 0 atom stereocenters. The highest BCUT2D eigenvalue weighted by Crippen LogP contribution is 2.31. The summed E-state index contributed by atoms with van der Waals surface area (Å²) in [5.74, 6) is -0.656. The molecule has 2 aromatic carbocycles. The molecule has 2 heterocycles. The van der Waals surface area contributed by atoms with Crippen molar-refractivity contribution in [2.75, 3.05) is 37.4 Å². The Morgan fingerprint density at radius 1 is 1.21 bits per heavy atom. The van der Waals surface area contributed by atoms with Crippen molar-refractivity contribution in [2.24, 2.45) is 0 Å². The lowest BCUT2D eigenvalue weighted by molar-refractivity contribution is -0.132. The van der Waals surface area contributed by atoms with Gasteiger partial charge in [0.25, 0.3) is 5.91 Å². The second-order valence-electron chi connectivity index (χ2n) is 6.38. The van der Waals surface area contributed by atoms with Gasteiger partial charge in [-0.15, -0.1) is 11.3 Å². The van der Waals surface area contributed by atoms with E-state index in [9.17, 15) is 14.0 Å². The van der Waals surface area contributed by atoms with Crippen LogP contribution in [0.4, 0.5) is 10.1 Å². The molecule has 1 aliphatic rings. The number of morpholine rings is 1. The number of fused-ring (bicyclic) bond motifs is 1. The standard InChI is InChI=1S/C20H18FN3O3S2/c21-15-4-2-1-3-14(15)19(26)22-13-5-6-16-17(11-13)29-20(23-16)28-12-18(25)24-7-9-27-10-8-24/h1-6,11H,7-10,12H2,(H,22,26). The van der Waals surface area contributed by atoms with Crippen molar-refractivity contribution in [3.63, 3.8) is 0 Å². The molecule has 1 aliphatic heterocycles. The minimum atomic E-state index is -0.563. The quantitative estimate of drug-likeness (QED) is 0.625. The van der Waals surface area contributed by atoms with Gasteiger partial charge in [-0.1, -0.05) is 23.9 Å². The van der Waals surface area contributed by atoms with E-state index in [2.05, 4.69) is 10.3 Å². The number of aromatic nitrogens is 1. The average molecular weight is 432 g/mol. The summed E-state index contributed by atoms with van der Waals surface area (Å²) in [5.41, 5.74) is 1.35. The summed E-state index contributed by atoms with van der Waals surface area (Å²) in [6.45, 7) is 2.42. The summed E-state index contributed by atoms with van der Waals surface area (Å²) < 4.78 is 20.7. The summed E-state index contributed by atoms with van der Waals surface area (Å²) >= 11 is 2.86. The number of hydrogen-bond donors (Lipinski definition) is 1. The molecule has 1 saturated heterocycles. The van der Waals surface area contributed by atoms with Crippen molar-refractivity contribution < 1.29 is 18.7 Å². The van der Waals surface area contributed by atoms with Gasteiger partial charge in [0.15, 0.2) is 4.34 Å². The van der Waals surface area contributed by atoms with Crippen LogP contribution in [-0.4, -0.2) is 53.8 Å². The van der Waals surface area contributed by atoms with Crippen molar-refractivity contribution in [1.82, 2.24) is 9.88 Å². The molecule has 6 nitrogen and oxygen atoms in total. The largest absolute Gasteiger partial charge is 0.378 e. The van der Waals surface area contributed by atoms with Gasteiger partial charge < -0.3 is 15.0 Å². The van der Waals surface area contributed by atoms with Crippen LogP contribution in [0.5, 0.6) is 0 Å². The van der Waals surface area contributed by atoms with Crippen molar-refractivity contribution in [3.8, 4) is 0 Å². The summed E-state index contributed by atoms with van der Waals surface area (Å²) in [6, 6.07) is 11.2. The normalized spacial score (nSPS) is 14.2. The van der Waals surface area contributed by atoms with Gasteiger partial charge in [-0.2, -0.15) is 0 Å². The zero-order chi connectivity index (χ0) is 20.2. The molecular weight excluding hydrogens is 413 g/mol. The van der Waals surface area contributed by atoms with Crippen molar-refractivity contribution in [2.45, 2.75) is 4.34 Å². The highest BCUT2D eigenvalue weighted by Gasteiger charge is 2.18. The maximum atomic E-state index is 13.8. The molecule has 2 amide bonds. The zero-order valence-electron chi connectivity index (χ0n) is 15.4. The number of nitrogens with zero attached hydrogens (tertiary/aromatic N) is 2. The van der Waals surface area contributed by atoms with E-state index >= 15 is 0 Å². The van der Waals surface area contributed by atoms with Crippen LogP contribution in [0.25, 0.3) is 10.2 Å². The fourth-order valence-corrected chi connectivity index (χ4v) is 4.92. The van der Waals surface area contributed by atoms with Crippen LogP contribution in [-0.2, 0) is 9.53 Å². The van der Waals surface area contributed by atoms with Gasteiger partial charge >= 0.3 is 0 Å².